The predicted octanol–water partition coefficient (Wildman–Crippen LogP) is 0.795. The van der Waals surface area contributed by atoms with Gasteiger partial charge in [0.25, 0.3) is 0 Å². The van der Waals surface area contributed by atoms with E-state index < -0.39 is 9.84 Å². The van der Waals surface area contributed by atoms with Crippen LogP contribution in [-0.4, -0.2) is 55.9 Å². The van der Waals surface area contributed by atoms with Gasteiger partial charge in [-0.3, -0.25) is 4.90 Å². The number of pyridine rings is 1. The molecule has 1 aliphatic rings. The van der Waals surface area contributed by atoms with Crippen molar-refractivity contribution >= 4 is 15.7 Å². The summed E-state index contributed by atoms with van der Waals surface area (Å²) in [6.07, 6.45) is 4.41. The van der Waals surface area contributed by atoms with E-state index in [1.54, 1.807) is 24.6 Å². The van der Waals surface area contributed by atoms with Crippen molar-refractivity contribution in [1.82, 2.24) is 15.0 Å². The van der Waals surface area contributed by atoms with Crippen LogP contribution in [0.2, 0.25) is 0 Å². The maximum atomic E-state index is 11.9. The van der Waals surface area contributed by atoms with Gasteiger partial charge < -0.3 is 9.42 Å². The average Bonchev–Trinajstić information content (AvgIpc) is 3.00. The minimum atomic E-state index is -3.28. The van der Waals surface area contributed by atoms with E-state index in [4.69, 9.17) is 4.52 Å². The summed E-state index contributed by atoms with van der Waals surface area (Å²) in [5.74, 6) is 0.547. The summed E-state index contributed by atoms with van der Waals surface area (Å²) in [5.41, 5.74) is 0.906. The molecule has 7 nitrogen and oxygen atoms in total. The van der Waals surface area contributed by atoms with Gasteiger partial charge in [-0.15, -0.1) is 0 Å². The second-order valence-electron chi connectivity index (χ2n) is 5.35. The Labute approximate surface area is 129 Å². The van der Waals surface area contributed by atoms with Crippen LogP contribution in [0.5, 0.6) is 0 Å². The molecule has 0 radical (unpaired) electrons. The first-order valence-electron chi connectivity index (χ1n) is 7.06. The van der Waals surface area contributed by atoms with Crippen LogP contribution in [0.4, 0.5) is 5.82 Å². The fourth-order valence-electron chi connectivity index (χ4n) is 2.58. The van der Waals surface area contributed by atoms with E-state index in [2.05, 4.69) is 15.0 Å². The molecule has 1 saturated heterocycles. The van der Waals surface area contributed by atoms with Crippen LogP contribution >= 0.6 is 0 Å². The standard InChI is InChI=1S/C14H18N4O3S/c1-22(19,20)13-3-2-5-15-14(13)18-8-6-17(7-9-18)11-12-4-10-21-16-12/h2-5,10H,6-9,11H2,1H3. The van der Waals surface area contributed by atoms with Gasteiger partial charge in [-0.1, -0.05) is 5.16 Å². The number of rotatable bonds is 4. The molecule has 0 unspecified atom stereocenters. The number of piperazine rings is 1. The Kier molecular flexibility index (Phi) is 4.12. The molecular formula is C14H18N4O3S. The highest BCUT2D eigenvalue weighted by molar-refractivity contribution is 7.90. The third-order valence-corrected chi connectivity index (χ3v) is 4.82. The van der Waals surface area contributed by atoms with Gasteiger partial charge in [0.2, 0.25) is 0 Å². The Morgan fingerprint density at radius 1 is 1.23 bits per heavy atom. The van der Waals surface area contributed by atoms with Crippen molar-refractivity contribution in [3.05, 3.63) is 36.4 Å². The monoisotopic (exact) mass is 322 g/mol. The highest BCUT2D eigenvalue weighted by Gasteiger charge is 2.23. The van der Waals surface area contributed by atoms with Gasteiger partial charge >= 0.3 is 0 Å². The van der Waals surface area contributed by atoms with E-state index in [-0.39, 0.29) is 0 Å². The molecule has 2 aromatic heterocycles. The van der Waals surface area contributed by atoms with Crippen molar-refractivity contribution in [2.75, 3.05) is 37.3 Å². The molecule has 3 rings (SSSR count). The maximum absolute atomic E-state index is 11.9. The quantitative estimate of drug-likeness (QED) is 0.823. The van der Waals surface area contributed by atoms with Crippen LogP contribution in [-0.2, 0) is 16.4 Å². The zero-order chi connectivity index (χ0) is 15.6. The zero-order valence-electron chi connectivity index (χ0n) is 12.3. The Morgan fingerprint density at radius 2 is 2.00 bits per heavy atom. The number of sulfone groups is 1. The molecule has 0 bridgehead atoms. The lowest BCUT2D eigenvalue weighted by molar-refractivity contribution is 0.241. The van der Waals surface area contributed by atoms with Crippen LogP contribution in [0, 0.1) is 0 Å². The van der Waals surface area contributed by atoms with Crippen molar-refractivity contribution in [2.45, 2.75) is 11.4 Å². The third kappa shape index (κ3) is 3.28. The van der Waals surface area contributed by atoms with E-state index >= 15 is 0 Å². The summed E-state index contributed by atoms with van der Waals surface area (Å²) in [6, 6.07) is 5.12. The van der Waals surface area contributed by atoms with Crippen LogP contribution in [0.1, 0.15) is 5.69 Å². The van der Waals surface area contributed by atoms with Crippen LogP contribution in [0.15, 0.2) is 40.1 Å². The first kappa shape index (κ1) is 15.0. The largest absolute Gasteiger partial charge is 0.364 e. The summed E-state index contributed by atoms with van der Waals surface area (Å²) in [6.45, 7) is 3.86. The Hall–Kier alpha value is -1.93. The SMILES string of the molecule is CS(=O)(=O)c1cccnc1N1CCN(Cc2ccon2)CC1. The highest BCUT2D eigenvalue weighted by atomic mass is 32.2. The van der Waals surface area contributed by atoms with Gasteiger partial charge in [-0.25, -0.2) is 13.4 Å². The van der Waals surface area contributed by atoms with Crippen LogP contribution in [0.3, 0.4) is 0 Å². The van der Waals surface area contributed by atoms with Crippen molar-refractivity contribution < 1.29 is 12.9 Å². The van der Waals surface area contributed by atoms with Crippen LogP contribution < -0.4 is 4.90 Å². The van der Waals surface area contributed by atoms with Crippen molar-refractivity contribution in [3.63, 3.8) is 0 Å². The second-order valence-corrected chi connectivity index (χ2v) is 7.34. The van der Waals surface area contributed by atoms with Gasteiger partial charge in [-0.2, -0.15) is 0 Å². The molecule has 0 aliphatic carbocycles. The first-order valence-corrected chi connectivity index (χ1v) is 8.95. The van der Waals surface area contributed by atoms with Crippen LogP contribution in [0.25, 0.3) is 0 Å². The number of hydrogen-bond donors (Lipinski definition) is 0. The smallest absolute Gasteiger partial charge is 0.179 e. The molecule has 0 aromatic carbocycles. The average molecular weight is 322 g/mol. The van der Waals surface area contributed by atoms with E-state index in [1.165, 1.54) is 6.26 Å². The minimum Gasteiger partial charge on any atom is -0.364 e. The summed E-state index contributed by atoms with van der Waals surface area (Å²) >= 11 is 0. The van der Waals surface area contributed by atoms with Gasteiger partial charge in [0.15, 0.2) is 9.84 Å². The summed E-state index contributed by atoms with van der Waals surface area (Å²) < 4.78 is 28.6. The van der Waals surface area contributed by atoms with E-state index in [9.17, 15) is 8.42 Å². The Morgan fingerprint density at radius 3 is 2.64 bits per heavy atom. The molecule has 0 N–H and O–H groups in total. The number of nitrogens with zero attached hydrogens (tertiary/aromatic N) is 4. The molecule has 1 aliphatic heterocycles. The maximum Gasteiger partial charge on any atom is 0.179 e. The van der Waals surface area contributed by atoms with Crippen molar-refractivity contribution in [2.24, 2.45) is 0 Å². The predicted molar refractivity (Wildman–Crippen MR) is 81.3 cm³/mol. The molecule has 0 saturated carbocycles. The fraction of sp³-hybridized carbons (Fsp3) is 0.429. The Bertz CT molecular complexity index is 722. The Balaban J connectivity index is 1.69. The topological polar surface area (TPSA) is 79.5 Å². The number of hydrogen-bond acceptors (Lipinski definition) is 7. The van der Waals surface area contributed by atoms with Crippen molar-refractivity contribution in [1.29, 1.82) is 0 Å². The van der Waals surface area contributed by atoms with Gasteiger partial charge in [-0.05, 0) is 12.1 Å². The molecule has 22 heavy (non-hydrogen) atoms. The van der Waals surface area contributed by atoms with E-state index in [1.807, 2.05) is 11.0 Å². The molecular weight excluding hydrogens is 304 g/mol. The molecule has 0 spiro atoms. The highest BCUT2D eigenvalue weighted by Crippen LogP contribution is 2.23. The normalized spacial score (nSPS) is 16.9. The molecule has 2 aromatic rings. The molecule has 1 fully saturated rings. The molecule has 118 valence electrons. The summed E-state index contributed by atoms with van der Waals surface area (Å²) in [4.78, 5) is 8.85. The van der Waals surface area contributed by atoms with E-state index in [0.717, 1.165) is 38.4 Å². The summed E-state index contributed by atoms with van der Waals surface area (Å²) in [5, 5.41) is 3.91. The lowest BCUT2D eigenvalue weighted by Crippen LogP contribution is -2.46. The third-order valence-electron chi connectivity index (χ3n) is 3.70. The minimum absolute atomic E-state index is 0.292. The van der Waals surface area contributed by atoms with Crippen molar-refractivity contribution in [3.8, 4) is 0 Å². The lowest BCUT2D eigenvalue weighted by Gasteiger charge is -2.35. The number of aromatic nitrogens is 2. The first-order chi connectivity index (χ1) is 10.5. The fourth-order valence-corrected chi connectivity index (χ4v) is 3.41. The summed E-state index contributed by atoms with van der Waals surface area (Å²) in [7, 11) is -3.28. The molecule has 0 atom stereocenters. The van der Waals surface area contributed by atoms with Gasteiger partial charge in [0.1, 0.15) is 17.0 Å². The second kappa shape index (κ2) is 6.05. The zero-order valence-corrected chi connectivity index (χ0v) is 13.2. The molecule has 8 heteroatoms. The van der Waals surface area contributed by atoms with E-state index in [0.29, 0.717) is 10.7 Å². The van der Waals surface area contributed by atoms with Gasteiger partial charge in [0.05, 0.1) is 5.69 Å². The van der Waals surface area contributed by atoms with Gasteiger partial charge in [0, 0.05) is 51.2 Å². The number of anilines is 1. The molecule has 3 heterocycles. The lowest BCUT2D eigenvalue weighted by atomic mass is 10.3. The molecule has 0 amide bonds.